The Morgan fingerprint density at radius 2 is 1.76 bits per heavy atom. The summed E-state index contributed by atoms with van der Waals surface area (Å²) >= 11 is 0. The molecule has 2 aromatic rings. The van der Waals surface area contributed by atoms with E-state index in [0.29, 0.717) is 37.4 Å². The summed E-state index contributed by atoms with van der Waals surface area (Å²) in [6.07, 6.45) is -3.99. The van der Waals surface area contributed by atoms with Crippen molar-refractivity contribution in [3.05, 3.63) is 48.2 Å². The molecule has 1 aromatic carbocycles. The molecule has 0 spiro atoms. The van der Waals surface area contributed by atoms with Gasteiger partial charge in [-0.05, 0) is 56.2 Å². The van der Waals surface area contributed by atoms with E-state index in [0.717, 1.165) is 12.3 Å². The van der Waals surface area contributed by atoms with E-state index in [1.807, 2.05) is 0 Å². The molecule has 3 rings (SSSR count). The number of nitrogens with one attached hydrogen (secondary N) is 1. The van der Waals surface area contributed by atoms with Crippen molar-refractivity contribution in [1.29, 1.82) is 0 Å². The van der Waals surface area contributed by atoms with E-state index in [-0.39, 0.29) is 4.90 Å². The number of piperidine rings is 1. The molecule has 184 valence electrons. The van der Waals surface area contributed by atoms with E-state index in [4.69, 9.17) is 9.88 Å². The van der Waals surface area contributed by atoms with Crippen LogP contribution in [0.1, 0.15) is 25.3 Å². The third-order valence-electron chi connectivity index (χ3n) is 5.34. The quantitative estimate of drug-likeness (QED) is 0.583. The highest BCUT2D eigenvalue weighted by atomic mass is 32.2. The Labute approximate surface area is 194 Å². The van der Waals surface area contributed by atoms with Crippen molar-refractivity contribution in [2.75, 3.05) is 23.3 Å². The fourth-order valence-corrected chi connectivity index (χ4v) is 3.90. The molecule has 0 aliphatic carbocycles. The van der Waals surface area contributed by atoms with Gasteiger partial charge < -0.3 is 15.0 Å². The van der Waals surface area contributed by atoms with Crippen molar-refractivity contribution in [1.82, 2.24) is 4.98 Å². The number of rotatable bonds is 6. The molecule has 0 saturated carbocycles. The summed E-state index contributed by atoms with van der Waals surface area (Å²) in [5.74, 6) is -1.22. The monoisotopic (exact) mass is 500 g/mol. The number of carbonyl (C=O) groups excluding carboxylic acids is 2. The fourth-order valence-electron chi connectivity index (χ4n) is 3.38. The first-order chi connectivity index (χ1) is 15.8. The SMILES string of the molecule is C[C@H](OC(=O)C1CCN(c2ccc(C(F)(F)F)cn2)CC1)C(=O)Nc1ccc(S(N)(=O)=O)cc1. The van der Waals surface area contributed by atoms with Crippen molar-refractivity contribution in [2.45, 2.75) is 36.9 Å². The van der Waals surface area contributed by atoms with Gasteiger partial charge in [-0.1, -0.05) is 0 Å². The summed E-state index contributed by atoms with van der Waals surface area (Å²) in [5.41, 5.74) is -0.528. The second kappa shape index (κ2) is 9.97. The molecule has 1 atom stereocenters. The van der Waals surface area contributed by atoms with Crippen molar-refractivity contribution in [3.8, 4) is 0 Å². The highest BCUT2D eigenvalue weighted by Gasteiger charge is 2.32. The average molecular weight is 500 g/mol. The number of esters is 1. The normalized spacial score (nSPS) is 16.1. The first kappa shape index (κ1) is 25.4. The number of ether oxygens (including phenoxy) is 1. The van der Waals surface area contributed by atoms with Crippen molar-refractivity contribution in [3.63, 3.8) is 0 Å². The van der Waals surface area contributed by atoms with Gasteiger partial charge in [0.2, 0.25) is 10.0 Å². The highest BCUT2D eigenvalue weighted by Crippen LogP contribution is 2.30. The Balaban J connectivity index is 1.49. The number of primary sulfonamides is 1. The molecule has 1 amide bonds. The van der Waals surface area contributed by atoms with Gasteiger partial charge in [0.1, 0.15) is 5.82 Å². The van der Waals surface area contributed by atoms with Crippen LogP contribution in [0.2, 0.25) is 0 Å². The van der Waals surface area contributed by atoms with Gasteiger partial charge >= 0.3 is 12.1 Å². The molecule has 0 unspecified atom stereocenters. The molecule has 0 radical (unpaired) electrons. The van der Waals surface area contributed by atoms with Crippen molar-refractivity contribution in [2.24, 2.45) is 11.1 Å². The summed E-state index contributed by atoms with van der Waals surface area (Å²) < 4.78 is 65.9. The number of carbonyl (C=O) groups is 2. The summed E-state index contributed by atoms with van der Waals surface area (Å²) in [7, 11) is -3.86. The van der Waals surface area contributed by atoms with Gasteiger partial charge in [-0.25, -0.2) is 18.5 Å². The number of sulfonamides is 1. The van der Waals surface area contributed by atoms with Gasteiger partial charge in [-0.2, -0.15) is 13.2 Å². The number of halogens is 3. The lowest BCUT2D eigenvalue weighted by Crippen LogP contribution is -2.39. The van der Waals surface area contributed by atoms with E-state index in [2.05, 4.69) is 10.3 Å². The predicted molar refractivity (Wildman–Crippen MR) is 116 cm³/mol. The molecule has 1 aliphatic rings. The van der Waals surface area contributed by atoms with E-state index in [1.54, 1.807) is 4.90 Å². The van der Waals surface area contributed by atoms with Gasteiger partial charge in [-0.15, -0.1) is 0 Å². The maximum Gasteiger partial charge on any atom is 0.417 e. The lowest BCUT2D eigenvalue weighted by molar-refractivity contribution is -0.158. The second-order valence-corrected chi connectivity index (χ2v) is 9.36. The van der Waals surface area contributed by atoms with Gasteiger partial charge in [-0.3, -0.25) is 9.59 Å². The molecule has 13 heteroatoms. The number of nitrogens with zero attached hydrogens (tertiary/aromatic N) is 2. The zero-order chi connectivity index (χ0) is 25.1. The maximum absolute atomic E-state index is 12.7. The smallest absolute Gasteiger partial charge is 0.417 e. The number of amides is 1. The predicted octanol–water partition coefficient (Wildman–Crippen LogP) is 2.53. The molecule has 1 saturated heterocycles. The van der Waals surface area contributed by atoms with Crippen LogP contribution in [0.25, 0.3) is 0 Å². The maximum atomic E-state index is 12.7. The third kappa shape index (κ3) is 6.44. The van der Waals surface area contributed by atoms with Crippen molar-refractivity contribution >= 4 is 33.4 Å². The zero-order valence-corrected chi connectivity index (χ0v) is 18.9. The minimum Gasteiger partial charge on any atom is -0.452 e. The largest absolute Gasteiger partial charge is 0.452 e. The molecule has 0 bridgehead atoms. The Kier molecular flexibility index (Phi) is 7.46. The number of anilines is 2. The topological polar surface area (TPSA) is 132 Å². The van der Waals surface area contributed by atoms with Gasteiger partial charge in [0, 0.05) is 25.0 Å². The molecule has 9 nitrogen and oxygen atoms in total. The molecular weight excluding hydrogens is 477 g/mol. The first-order valence-electron chi connectivity index (χ1n) is 10.3. The van der Waals surface area contributed by atoms with E-state index >= 15 is 0 Å². The van der Waals surface area contributed by atoms with Crippen LogP contribution in [0.15, 0.2) is 47.5 Å². The standard InChI is InChI=1S/C21H23F3N4O5S/c1-13(19(29)27-16-3-5-17(6-4-16)34(25,31)32)33-20(30)14-8-10-28(11-9-14)18-7-2-15(12-26-18)21(22,23)24/h2-7,12-14H,8-11H2,1H3,(H,27,29)(H2,25,31,32)/t13-/m0/s1. The van der Waals surface area contributed by atoms with Gasteiger partial charge in [0.25, 0.3) is 5.91 Å². The highest BCUT2D eigenvalue weighted by molar-refractivity contribution is 7.89. The molecule has 1 fully saturated rings. The third-order valence-corrected chi connectivity index (χ3v) is 6.27. The van der Waals surface area contributed by atoms with Gasteiger partial charge in [0.05, 0.1) is 16.4 Å². The molecule has 1 aliphatic heterocycles. The Morgan fingerprint density at radius 3 is 2.26 bits per heavy atom. The summed E-state index contributed by atoms with van der Waals surface area (Å²) in [5, 5.41) is 7.55. The van der Waals surface area contributed by atoms with E-state index in [1.165, 1.54) is 37.3 Å². The molecular formula is C21H23F3N4O5S. The number of nitrogens with two attached hydrogens (primary N) is 1. The number of benzene rings is 1. The minimum absolute atomic E-state index is 0.109. The first-order valence-corrected chi connectivity index (χ1v) is 11.8. The molecule has 2 heterocycles. The Bertz CT molecular complexity index is 1130. The van der Waals surface area contributed by atoms with Crippen LogP contribution in [-0.2, 0) is 30.5 Å². The summed E-state index contributed by atoms with van der Waals surface area (Å²) in [4.78, 5) is 30.3. The number of hydrogen-bond donors (Lipinski definition) is 2. The molecule has 1 aromatic heterocycles. The Morgan fingerprint density at radius 1 is 1.15 bits per heavy atom. The average Bonchev–Trinajstić information content (AvgIpc) is 2.78. The second-order valence-electron chi connectivity index (χ2n) is 7.80. The lowest BCUT2D eigenvalue weighted by Gasteiger charge is -2.32. The molecule has 3 N–H and O–H groups in total. The van der Waals surface area contributed by atoms with Crippen LogP contribution in [0, 0.1) is 5.92 Å². The van der Waals surface area contributed by atoms with Crippen molar-refractivity contribution < 1.29 is 35.9 Å². The van der Waals surface area contributed by atoms with Crippen LogP contribution < -0.4 is 15.4 Å². The minimum atomic E-state index is -4.46. The van der Waals surface area contributed by atoms with Crippen LogP contribution in [0.3, 0.4) is 0 Å². The van der Waals surface area contributed by atoms with E-state index < -0.39 is 45.7 Å². The van der Waals surface area contributed by atoms with Crippen LogP contribution in [0.5, 0.6) is 0 Å². The Hall–Kier alpha value is -3.19. The number of alkyl halides is 3. The lowest BCUT2D eigenvalue weighted by atomic mass is 9.97. The van der Waals surface area contributed by atoms with Gasteiger partial charge in [0.15, 0.2) is 6.10 Å². The van der Waals surface area contributed by atoms with Crippen LogP contribution in [-0.4, -0.2) is 44.5 Å². The van der Waals surface area contributed by atoms with Crippen LogP contribution >= 0.6 is 0 Å². The number of aromatic nitrogens is 1. The molecule has 34 heavy (non-hydrogen) atoms. The van der Waals surface area contributed by atoms with E-state index in [9.17, 15) is 31.2 Å². The summed E-state index contributed by atoms with van der Waals surface area (Å²) in [6.45, 7) is 2.21. The zero-order valence-electron chi connectivity index (χ0n) is 18.1. The fraction of sp³-hybridized carbons (Fsp3) is 0.381. The number of hydrogen-bond acceptors (Lipinski definition) is 7. The van der Waals surface area contributed by atoms with Crippen LogP contribution in [0.4, 0.5) is 24.7 Å². The number of pyridine rings is 1. The summed E-state index contributed by atoms with van der Waals surface area (Å²) in [6, 6.07) is 7.45.